The van der Waals surface area contributed by atoms with Crippen molar-refractivity contribution in [1.82, 2.24) is 9.55 Å². The maximum Gasteiger partial charge on any atom is 0.141 e. The average molecular weight is 233 g/mol. The molecule has 18 heavy (non-hydrogen) atoms. The van der Waals surface area contributed by atoms with E-state index in [0.29, 0.717) is 5.69 Å². The monoisotopic (exact) mass is 233 g/mol. The second kappa shape index (κ2) is 4.01. The fourth-order valence-electron chi connectivity index (χ4n) is 2.11. The van der Waals surface area contributed by atoms with Crippen LogP contribution in [0, 0.1) is 18.3 Å². The number of aromatic nitrogens is 2. The predicted octanol–water partition coefficient (Wildman–Crippen LogP) is 3.21. The Hall–Kier alpha value is -2.60. The first kappa shape index (κ1) is 10.5. The maximum absolute atomic E-state index is 9.07. The molecule has 0 spiro atoms. The Kier molecular flexibility index (Phi) is 2.35. The fraction of sp³-hybridized carbons (Fsp3) is 0.0667. The number of benzene rings is 1. The molecule has 1 aromatic carbocycles. The number of pyridine rings is 1. The summed E-state index contributed by atoms with van der Waals surface area (Å²) in [5.74, 6) is 0.815. The van der Waals surface area contributed by atoms with E-state index in [4.69, 9.17) is 5.26 Å². The molecule has 0 bridgehead atoms. The van der Waals surface area contributed by atoms with Crippen LogP contribution in [0.15, 0.2) is 48.7 Å². The lowest BCUT2D eigenvalue weighted by Crippen LogP contribution is -2.01. The Morgan fingerprint density at radius 3 is 2.83 bits per heavy atom. The summed E-state index contributed by atoms with van der Waals surface area (Å²) in [6.07, 6.45) is 1.86. The number of para-hydroxylation sites is 1. The lowest BCUT2D eigenvalue weighted by Gasteiger charge is -2.09. The third kappa shape index (κ3) is 1.56. The molecule has 0 aliphatic heterocycles. The Labute approximate surface area is 105 Å². The van der Waals surface area contributed by atoms with Gasteiger partial charge in [0.2, 0.25) is 0 Å². The minimum absolute atomic E-state index is 0.598. The molecule has 0 radical (unpaired) electrons. The summed E-state index contributed by atoms with van der Waals surface area (Å²) in [6, 6.07) is 15.9. The van der Waals surface area contributed by atoms with E-state index < -0.39 is 0 Å². The van der Waals surface area contributed by atoms with Gasteiger partial charge in [0.25, 0.3) is 0 Å². The van der Waals surface area contributed by atoms with Crippen LogP contribution in [0.1, 0.15) is 11.3 Å². The largest absolute Gasteiger partial charge is 0.292 e. The summed E-state index contributed by atoms with van der Waals surface area (Å²) in [6.45, 7) is 2.01. The normalized spacial score (nSPS) is 10.4. The molecule has 0 N–H and O–H groups in total. The van der Waals surface area contributed by atoms with E-state index in [0.717, 1.165) is 22.3 Å². The molecule has 0 atom stereocenters. The number of hydrogen-bond donors (Lipinski definition) is 0. The van der Waals surface area contributed by atoms with Crippen LogP contribution in [-0.2, 0) is 0 Å². The van der Waals surface area contributed by atoms with Gasteiger partial charge in [-0.2, -0.15) is 5.26 Å². The molecule has 3 nitrogen and oxygen atoms in total. The van der Waals surface area contributed by atoms with Crippen molar-refractivity contribution in [1.29, 1.82) is 5.26 Å². The molecule has 0 saturated heterocycles. The average Bonchev–Trinajstić information content (AvgIpc) is 2.86. The van der Waals surface area contributed by atoms with Crippen molar-refractivity contribution in [3.05, 3.63) is 59.9 Å². The molecule has 0 amide bonds. The van der Waals surface area contributed by atoms with Crippen molar-refractivity contribution in [2.24, 2.45) is 0 Å². The van der Waals surface area contributed by atoms with Crippen LogP contribution < -0.4 is 0 Å². The highest BCUT2D eigenvalue weighted by Gasteiger charge is 2.08. The highest BCUT2D eigenvalue weighted by atomic mass is 15.1. The van der Waals surface area contributed by atoms with Crippen LogP contribution in [-0.4, -0.2) is 9.55 Å². The molecule has 0 aliphatic rings. The zero-order valence-corrected chi connectivity index (χ0v) is 9.96. The van der Waals surface area contributed by atoms with E-state index in [9.17, 15) is 0 Å². The summed E-state index contributed by atoms with van der Waals surface area (Å²) in [5, 5.41) is 10.2. The molecule has 3 heteroatoms. The lowest BCUT2D eigenvalue weighted by molar-refractivity contribution is 0.984. The van der Waals surface area contributed by atoms with Crippen LogP contribution in [0.5, 0.6) is 0 Å². The Morgan fingerprint density at radius 2 is 2.00 bits per heavy atom. The van der Waals surface area contributed by atoms with Crippen LogP contribution >= 0.6 is 0 Å². The quantitative estimate of drug-likeness (QED) is 0.647. The van der Waals surface area contributed by atoms with Gasteiger partial charge in [-0.15, -0.1) is 0 Å². The molecule has 2 heterocycles. The van der Waals surface area contributed by atoms with Gasteiger partial charge in [-0.05, 0) is 36.8 Å². The van der Waals surface area contributed by atoms with Crippen LogP contribution in [0.4, 0.5) is 0 Å². The third-order valence-corrected chi connectivity index (χ3v) is 2.98. The highest BCUT2D eigenvalue weighted by molar-refractivity contribution is 5.80. The van der Waals surface area contributed by atoms with Crippen molar-refractivity contribution in [2.45, 2.75) is 6.92 Å². The lowest BCUT2D eigenvalue weighted by atomic mass is 10.1. The van der Waals surface area contributed by atoms with E-state index in [1.807, 2.05) is 48.0 Å². The molecular weight excluding hydrogens is 222 g/mol. The molecule has 0 fully saturated rings. The second-order valence-electron chi connectivity index (χ2n) is 4.20. The summed E-state index contributed by atoms with van der Waals surface area (Å²) in [4.78, 5) is 4.64. The minimum Gasteiger partial charge on any atom is -0.292 e. The van der Waals surface area contributed by atoms with Gasteiger partial charge in [0.1, 0.15) is 17.6 Å². The highest BCUT2D eigenvalue weighted by Crippen LogP contribution is 2.20. The fourth-order valence-corrected chi connectivity index (χ4v) is 2.11. The summed E-state index contributed by atoms with van der Waals surface area (Å²) < 4.78 is 1.82. The van der Waals surface area contributed by atoms with Gasteiger partial charge < -0.3 is 0 Å². The van der Waals surface area contributed by atoms with Gasteiger partial charge in [-0.1, -0.05) is 18.2 Å². The number of aryl methyl sites for hydroxylation is 1. The molecular formula is C15H11N3. The van der Waals surface area contributed by atoms with E-state index in [1.54, 1.807) is 6.07 Å². The van der Waals surface area contributed by atoms with E-state index in [1.165, 1.54) is 0 Å². The molecule has 0 saturated carbocycles. The molecule has 2 aromatic heterocycles. The minimum atomic E-state index is 0.598. The van der Waals surface area contributed by atoms with Gasteiger partial charge in [0, 0.05) is 11.6 Å². The smallest absolute Gasteiger partial charge is 0.141 e. The van der Waals surface area contributed by atoms with Crippen molar-refractivity contribution < 1.29 is 0 Å². The van der Waals surface area contributed by atoms with E-state index in [-0.39, 0.29) is 0 Å². The third-order valence-electron chi connectivity index (χ3n) is 2.98. The number of nitriles is 1. The van der Waals surface area contributed by atoms with Gasteiger partial charge in [0.15, 0.2) is 0 Å². The van der Waals surface area contributed by atoms with Crippen molar-refractivity contribution in [3.63, 3.8) is 0 Å². The summed E-state index contributed by atoms with van der Waals surface area (Å²) in [7, 11) is 0. The van der Waals surface area contributed by atoms with Gasteiger partial charge in [-0.3, -0.25) is 4.57 Å². The first-order chi connectivity index (χ1) is 8.79. The van der Waals surface area contributed by atoms with Crippen molar-refractivity contribution >= 4 is 10.9 Å². The number of fused-ring (bicyclic) bond motifs is 1. The van der Waals surface area contributed by atoms with Gasteiger partial charge >= 0.3 is 0 Å². The van der Waals surface area contributed by atoms with Gasteiger partial charge in [0.05, 0.1) is 5.52 Å². The number of hydrogen-bond acceptors (Lipinski definition) is 2. The maximum atomic E-state index is 9.07. The molecule has 0 aliphatic carbocycles. The summed E-state index contributed by atoms with van der Waals surface area (Å²) >= 11 is 0. The summed E-state index contributed by atoms with van der Waals surface area (Å²) in [5.41, 5.74) is 2.60. The van der Waals surface area contributed by atoms with Crippen LogP contribution in [0.25, 0.3) is 16.7 Å². The molecule has 0 unspecified atom stereocenters. The standard InChI is InChI=1S/C15H11N3/c1-11-9-12-5-2-3-7-14(12)17-15(11)18-8-4-6-13(18)10-16/h2-9H,1H3. The Morgan fingerprint density at radius 1 is 1.17 bits per heavy atom. The SMILES string of the molecule is Cc1cc2ccccc2nc1-n1cccc1C#N. The number of rotatable bonds is 1. The van der Waals surface area contributed by atoms with E-state index >= 15 is 0 Å². The zero-order valence-electron chi connectivity index (χ0n) is 9.96. The molecule has 86 valence electrons. The number of nitrogens with zero attached hydrogens (tertiary/aromatic N) is 3. The van der Waals surface area contributed by atoms with E-state index in [2.05, 4.69) is 17.1 Å². The second-order valence-corrected chi connectivity index (χ2v) is 4.20. The Bertz CT molecular complexity index is 763. The van der Waals surface area contributed by atoms with Crippen LogP contribution in [0.3, 0.4) is 0 Å². The first-order valence-corrected chi connectivity index (χ1v) is 5.74. The molecule has 3 aromatic rings. The first-order valence-electron chi connectivity index (χ1n) is 5.74. The Balaban J connectivity index is 2.30. The van der Waals surface area contributed by atoms with Crippen molar-refractivity contribution in [3.8, 4) is 11.9 Å². The van der Waals surface area contributed by atoms with Crippen molar-refractivity contribution in [2.75, 3.05) is 0 Å². The topological polar surface area (TPSA) is 41.6 Å². The van der Waals surface area contributed by atoms with Crippen LogP contribution in [0.2, 0.25) is 0 Å². The predicted molar refractivity (Wildman–Crippen MR) is 70.5 cm³/mol. The molecule has 3 rings (SSSR count). The zero-order chi connectivity index (χ0) is 12.5. The van der Waals surface area contributed by atoms with Gasteiger partial charge in [-0.25, -0.2) is 4.98 Å².